The highest BCUT2D eigenvalue weighted by Gasteiger charge is 2.27. The van der Waals surface area contributed by atoms with Gasteiger partial charge in [0.05, 0.1) is 18.2 Å². The topological polar surface area (TPSA) is 75.3 Å². The monoisotopic (exact) mass is 307 g/mol. The SMILES string of the molecule is CCOC(=O)C1CCCN(Cc2cc(=O)[nH]c(C(C)C)n2)C1. The Kier molecular flexibility index (Phi) is 5.71. The average Bonchev–Trinajstić information content (AvgIpc) is 2.47. The molecular formula is C16H25N3O3. The van der Waals surface area contributed by atoms with Gasteiger partial charge in [-0.1, -0.05) is 13.8 Å². The minimum atomic E-state index is -0.118. The molecule has 122 valence electrons. The first-order valence-corrected chi connectivity index (χ1v) is 7.98. The van der Waals surface area contributed by atoms with E-state index in [1.165, 1.54) is 0 Å². The lowest BCUT2D eigenvalue weighted by molar-refractivity contribution is -0.150. The van der Waals surface area contributed by atoms with Gasteiger partial charge in [-0.2, -0.15) is 0 Å². The second-order valence-corrected chi connectivity index (χ2v) is 6.10. The first kappa shape index (κ1) is 16.7. The van der Waals surface area contributed by atoms with Gasteiger partial charge in [0.1, 0.15) is 5.82 Å². The van der Waals surface area contributed by atoms with Crippen molar-refractivity contribution in [3.05, 3.63) is 27.9 Å². The number of piperidine rings is 1. The highest BCUT2D eigenvalue weighted by atomic mass is 16.5. The molecule has 0 bridgehead atoms. The maximum Gasteiger partial charge on any atom is 0.310 e. The fourth-order valence-electron chi connectivity index (χ4n) is 2.76. The molecule has 1 fully saturated rings. The van der Waals surface area contributed by atoms with Crippen LogP contribution in [-0.2, 0) is 16.1 Å². The van der Waals surface area contributed by atoms with Crippen molar-refractivity contribution in [1.82, 2.24) is 14.9 Å². The Labute approximate surface area is 130 Å². The van der Waals surface area contributed by atoms with Crippen LogP contribution in [0.15, 0.2) is 10.9 Å². The van der Waals surface area contributed by atoms with E-state index in [0.29, 0.717) is 25.5 Å². The molecule has 1 saturated heterocycles. The number of carbonyl (C=O) groups is 1. The zero-order valence-electron chi connectivity index (χ0n) is 13.6. The van der Waals surface area contributed by atoms with Crippen LogP contribution in [0.3, 0.4) is 0 Å². The van der Waals surface area contributed by atoms with Crippen LogP contribution in [0.1, 0.15) is 51.0 Å². The summed E-state index contributed by atoms with van der Waals surface area (Å²) in [5.74, 6) is 0.706. The third-order valence-electron chi connectivity index (χ3n) is 3.87. The summed E-state index contributed by atoms with van der Waals surface area (Å²) >= 11 is 0. The fourth-order valence-corrected chi connectivity index (χ4v) is 2.76. The van der Waals surface area contributed by atoms with E-state index < -0.39 is 0 Å². The van der Waals surface area contributed by atoms with Crippen molar-refractivity contribution < 1.29 is 9.53 Å². The van der Waals surface area contributed by atoms with Gasteiger partial charge in [-0.15, -0.1) is 0 Å². The smallest absolute Gasteiger partial charge is 0.310 e. The maximum atomic E-state index is 11.9. The lowest BCUT2D eigenvalue weighted by Crippen LogP contribution is -2.39. The van der Waals surface area contributed by atoms with Gasteiger partial charge < -0.3 is 9.72 Å². The summed E-state index contributed by atoms with van der Waals surface area (Å²) < 4.78 is 5.11. The van der Waals surface area contributed by atoms with Gasteiger partial charge in [-0.3, -0.25) is 14.5 Å². The molecule has 6 nitrogen and oxygen atoms in total. The predicted molar refractivity (Wildman–Crippen MR) is 83.6 cm³/mol. The quantitative estimate of drug-likeness (QED) is 0.838. The molecule has 0 radical (unpaired) electrons. The Bertz CT molecular complexity index is 568. The average molecular weight is 307 g/mol. The zero-order chi connectivity index (χ0) is 16.1. The van der Waals surface area contributed by atoms with Crippen LogP contribution in [0.2, 0.25) is 0 Å². The van der Waals surface area contributed by atoms with Crippen molar-refractivity contribution in [2.24, 2.45) is 5.92 Å². The van der Waals surface area contributed by atoms with Crippen molar-refractivity contribution in [2.75, 3.05) is 19.7 Å². The van der Waals surface area contributed by atoms with Crippen LogP contribution < -0.4 is 5.56 Å². The summed E-state index contributed by atoms with van der Waals surface area (Å²) in [5.41, 5.74) is 0.643. The second-order valence-electron chi connectivity index (χ2n) is 6.10. The normalized spacial score (nSPS) is 19.4. The van der Waals surface area contributed by atoms with E-state index in [2.05, 4.69) is 14.9 Å². The molecule has 2 rings (SSSR count). The van der Waals surface area contributed by atoms with Gasteiger partial charge in [0.2, 0.25) is 0 Å². The number of esters is 1. The van der Waals surface area contributed by atoms with Crippen LogP contribution >= 0.6 is 0 Å². The number of carbonyl (C=O) groups excluding carboxylic acids is 1. The van der Waals surface area contributed by atoms with E-state index in [-0.39, 0.29) is 23.4 Å². The number of nitrogens with zero attached hydrogens (tertiary/aromatic N) is 2. The standard InChI is InChI=1S/C16H25N3O3/c1-4-22-16(21)12-6-5-7-19(9-12)10-13-8-14(20)18-15(17-13)11(2)3/h8,11-12H,4-7,9-10H2,1-3H3,(H,17,18,20). The zero-order valence-corrected chi connectivity index (χ0v) is 13.6. The Hall–Kier alpha value is -1.69. The Morgan fingerprint density at radius 3 is 3.00 bits per heavy atom. The van der Waals surface area contributed by atoms with Gasteiger partial charge in [0.15, 0.2) is 0 Å². The maximum absolute atomic E-state index is 11.9. The first-order valence-electron chi connectivity index (χ1n) is 7.98. The van der Waals surface area contributed by atoms with Gasteiger partial charge >= 0.3 is 5.97 Å². The molecule has 1 atom stereocenters. The molecule has 0 aromatic carbocycles. The number of hydrogen-bond donors (Lipinski definition) is 1. The van der Waals surface area contributed by atoms with Crippen LogP contribution in [0.5, 0.6) is 0 Å². The van der Waals surface area contributed by atoms with E-state index in [9.17, 15) is 9.59 Å². The highest BCUT2D eigenvalue weighted by Crippen LogP contribution is 2.19. The van der Waals surface area contributed by atoms with E-state index >= 15 is 0 Å². The molecule has 0 aliphatic carbocycles. The summed E-state index contributed by atoms with van der Waals surface area (Å²) in [7, 11) is 0. The third-order valence-corrected chi connectivity index (χ3v) is 3.87. The molecule has 6 heteroatoms. The molecule has 1 aliphatic rings. The second kappa shape index (κ2) is 7.54. The molecule has 1 N–H and O–H groups in total. The number of rotatable bonds is 5. The van der Waals surface area contributed by atoms with E-state index in [1.807, 2.05) is 20.8 Å². The molecule has 2 heterocycles. The van der Waals surface area contributed by atoms with Gasteiger partial charge in [0.25, 0.3) is 5.56 Å². The fraction of sp³-hybridized carbons (Fsp3) is 0.688. The minimum absolute atomic E-state index is 0.0692. The summed E-state index contributed by atoms with van der Waals surface area (Å²) in [6.45, 7) is 8.43. The molecule has 0 spiro atoms. The Morgan fingerprint density at radius 2 is 2.32 bits per heavy atom. The molecule has 1 aromatic rings. The molecule has 0 amide bonds. The van der Waals surface area contributed by atoms with Crippen LogP contribution in [0, 0.1) is 5.92 Å². The summed E-state index contributed by atoms with van der Waals surface area (Å²) in [5, 5.41) is 0. The first-order chi connectivity index (χ1) is 10.5. The number of nitrogens with one attached hydrogen (secondary N) is 1. The summed E-state index contributed by atoms with van der Waals surface area (Å²) in [6, 6.07) is 1.54. The number of ether oxygens (including phenoxy) is 1. The van der Waals surface area contributed by atoms with Crippen molar-refractivity contribution in [1.29, 1.82) is 0 Å². The van der Waals surface area contributed by atoms with E-state index in [1.54, 1.807) is 6.07 Å². The van der Waals surface area contributed by atoms with Crippen LogP contribution in [-0.4, -0.2) is 40.5 Å². The van der Waals surface area contributed by atoms with Crippen molar-refractivity contribution >= 4 is 5.97 Å². The summed E-state index contributed by atoms with van der Waals surface area (Å²) in [6.07, 6.45) is 1.83. The van der Waals surface area contributed by atoms with E-state index in [4.69, 9.17) is 4.74 Å². The third kappa shape index (κ3) is 4.40. The number of likely N-dealkylation sites (tertiary alicyclic amines) is 1. The number of aromatic nitrogens is 2. The largest absolute Gasteiger partial charge is 0.466 e. The lowest BCUT2D eigenvalue weighted by atomic mass is 9.98. The van der Waals surface area contributed by atoms with Crippen LogP contribution in [0.25, 0.3) is 0 Å². The summed E-state index contributed by atoms with van der Waals surface area (Å²) in [4.78, 5) is 33.1. The number of hydrogen-bond acceptors (Lipinski definition) is 5. The van der Waals surface area contributed by atoms with Gasteiger partial charge in [-0.05, 0) is 26.3 Å². The molecular weight excluding hydrogens is 282 g/mol. The van der Waals surface area contributed by atoms with Gasteiger partial charge in [-0.25, -0.2) is 4.98 Å². The minimum Gasteiger partial charge on any atom is -0.466 e. The molecule has 22 heavy (non-hydrogen) atoms. The van der Waals surface area contributed by atoms with Crippen molar-refractivity contribution in [2.45, 2.75) is 46.1 Å². The Morgan fingerprint density at radius 1 is 1.55 bits per heavy atom. The van der Waals surface area contributed by atoms with Crippen molar-refractivity contribution in [3.63, 3.8) is 0 Å². The lowest BCUT2D eigenvalue weighted by Gasteiger charge is -2.31. The molecule has 1 aromatic heterocycles. The van der Waals surface area contributed by atoms with E-state index in [0.717, 1.165) is 25.1 Å². The predicted octanol–water partition coefficient (Wildman–Crippen LogP) is 1.67. The molecule has 1 unspecified atom stereocenters. The van der Waals surface area contributed by atoms with Crippen molar-refractivity contribution in [3.8, 4) is 0 Å². The molecule has 1 aliphatic heterocycles. The van der Waals surface area contributed by atoms with Gasteiger partial charge in [0, 0.05) is 25.1 Å². The Balaban J connectivity index is 2.04. The number of H-pyrrole nitrogens is 1. The number of aromatic amines is 1. The molecule has 0 saturated carbocycles. The highest BCUT2D eigenvalue weighted by molar-refractivity contribution is 5.72. The van der Waals surface area contributed by atoms with Crippen LogP contribution in [0.4, 0.5) is 0 Å².